The molecule has 3 amide bonds. The van der Waals surface area contributed by atoms with Crippen molar-refractivity contribution in [2.24, 2.45) is 5.73 Å². The number of primary amides is 1. The molecule has 1 aromatic carbocycles. The summed E-state index contributed by atoms with van der Waals surface area (Å²) in [6.07, 6.45) is -0.755. The van der Waals surface area contributed by atoms with E-state index < -0.39 is 12.1 Å². The lowest BCUT2D eigenvalue weighted by atomic mass is 10.0. The molecule has 0 bridgehead atoms. The largest absolute Gasteiger partial charge is 0.412 e. The fraction of sp³-hybridized carbons (Fsp3) is 0.167. The smallest absolute Gasteiger partial charge is 0.377 e. The van der Waals surface area contributed by atoms with Gasteiger partial charge in [-0.15, -0.1) is 0 Å². The van der Waals surface area contributed by atoms with Gasteiger partial charge in [0.1, 0.15) is 0 Å². The number of carbonyl (C=O) groups is 4. The van der Waals surface area contributed by atoms with Gasteiger partial charge < -0.3 is 10.5 Å². The second-order valence-electron chi connectivity index (χ2n) is 3.62. The molecule has 2 rings (SSSR count). The molecule has 19 heavy (non-hydrogen) atoms. The van der Waals surface area contributed by atoms with Crippen molar-refractivity contribution in [3.63, 3.8) is 0 Å². The molecule has 0 spiro atoms. The number of esters is 1. The van der Waals surface area contributed by atoms with Crippen LogP contribution in [0, 0.1) is 0 Å². The quantitative estimate of drug-likeness (QED) is 0.392. The van der Waals surface area contributed by atoms with Crippen molar-refractivity contribution in [2.45, 2.75) is 13.3 Å². The van der Waals surface area contributed by atoms with Crippen molar-refractivity contribution in [3.05, 3.63) is 35.4 Å². The van der Waals surface area contributed by atoms with Crippen molar-refractivity contribution in [3.8, 4) is 0 Å². The molecule has 1 heterocycles. The highest BCUT2D eigenvalue weighted by Gasteiger charge is 2.20. The van der Waals surface area contributed by atoms with Crippen LogP contribution in [-0.2, 0) is 20.7 Å². The fourth-order valence-corrected chi connectivity index (χ4v) is 1.45. The third kappa shape index (κ3) is 4.58. The number of rotatable bonds is 0. The number of fused-ring (bicyclic) bond motifs is 1. The first-order valence-electron chi connectivity index (χ1n) is 5.30. The Bertz CT molecular complexity index is 527. The van der Waals surface area contributed by atoms with Gasteiger partial charge in [0.15, 0.2) is 0 Å². The van der Waals surface area contributed by atoms with Gasteiger partial charge >= 0.3 is 12.1 Å². The monoisotopic (exact) mass is 264 g/mol. The van der Waals surface area contributed by atoms with Gasteiger partial charge in [-0.2, -0.15) is 0 Å². The lowest BCUT2D eigenvalue weighted by Crippen LogP contribution is -2.37. The van der Waals surface area contributed by atoms with Crippen LogP contribution < -0.4 is 11.1 Å². The van der Waals surface area contributed by atoms with Crippen LogP contribution in [0.2, 0.25) is 0 Å². The molecule has 3 N–H and O–H groups in total. The summed E-state index contributed by atoms with van der Waals surface area (Å²) in [6.45, 7) is 1.10. The van der Waals surface area contributed by atoms with Crippen molar-refractivity contribution in [2.75, 3.05) is 0 Å². The van der Waals surface area contributed by atoms with E-state index in [-0.39, 0.29) is 11.8 Å². The van der Waals surface area contributed by atoms with Gasteiger partial charge in [0.25, 0.3) is 5.91 Å². The third-order valence-electron chi connectivity index (χ3n) is 2.11. The van der Waals surface area contributed by atoms with Crippen LogP contribution in [0.1, 0.15) is 22.8 Å². The van der Waals surface area contributed by atoms with Gasteiger partial charge in [-0.3, -0.25) is 19.7 Å². The Morgan fingerprint density at radius 2 is 1.89 bits per heavy atom. The van der Waals surface area contributed by atoms with Gasteiger partial charge in [0.2, 0.25) is 5.91 Å². The standard InChI is InChI=1S/C9H7NO2.C3H5NO3/c11-8-5-6-3-1-2-4-7(6)9(12)10-8;1-2(5)7-3(4)6/h1-4H,5H2,(H,10,11,12);1H3,(H2,4,6). The van der Waals surface area contributed by atoms with E-state index in [0.717, 1.165) is 12.5 Å². The van der Waals surface area contributed by atoms with Crippen LogP contribution in [-0.4, -0.2) is 23.9 Å². The molecule has 1 aromatic rings. The highest BCUT2D eigenvalue weighted by molar-refractivity contribution is 6.09. The Balaban J connectivity index is 0.000000224. The van der Waals surface area contributed by atoms with E-state index in [1.54, 1.807) is 18.2 Å². The molecule has 0 atom stereocenters. The van der Waals surface area contributed by atoms with E-state index in [4.69, 9.17) is 0 Å². The Morgan fingerprint density at radius 3 is 2.42 bits per heavy atom. The third-order valence-corrected chi connectivity index (χ3v) is 2.11. The number of ether oxygens (including phenoxy) is 1. The van der Waals surface area contributed by atoms with Crippen LogP contribution >= 0.6 is 0 Å². The number of carbonyl (C=O) groups excluding carboxylic acids is 4. The summed E-state index contributed by atoms with van der Waals surface area (Å²) in [5, 5.41) is 2.26. The molecule has 0 saturated carbocycles. The molecule has 1 aliphatic heterocycles. The van der Waals surface area contributed by atoms with E-state index in [0.29, 0.717) is 12.0 Å². The Kier molecular flexibility index (Phi) is 4.76. The highest BCUT2D eigenvalue weighted by Crippen LogP contribution is 2.12. The molecule has 0 saturated heterocycles. The maximum absolute atomic E-state index is 11.2. The van der Waals surface area contributed by atoms with Crippen LogP contribution in [0.3, 0.4) is 0 Å². The molecule has 7 nitrogen and oxygen atoms in total. The molecule has 0 aliphatic carbocycles. The Hall–Kier alpha value is -2.70. The zero-order chi connectivity index (χ0) is 14.4. The molecular formula is C12H12N2O5. The van der Waals surface area contributed by atoms with E-state index >= 15 is 0 Å². The second-order valence-corrected chi connectivity index (χ2v) is 3.62. The zero-order valence-electron chi connectivity index (χ0n) is 10.1. The van der Waals surface area contributed by atoms with Gasteiger partial charge in [0, 0.05) is 12.5 Å². The molecule has 1 aliphatic rings. The summed E-state index contributed by atoms with van der Waals surface area (Å²) in [6, 6.07) is 7.13. The van der Waals surface area contributed by atoms with Gasteiger partial charge in [0.05, 0.1) is 6.42 Å². The van der Waals surface area contributed by atoms with E-state index in [2.05, 4.69) is 15.8 Å². The zero-order valence-corrected chi connectivity index (χ0v) is 10.1. The van der Waals surface area contributed by atoms with Crippen LogP contribution in [0.5, 0.6) is 0 Å². The van der Waals surface area contributed by atoms with Gasteiger partial charge in [-0.05, 0) is 11.6 Å². The van der Waals surface area contributed by atoms with Crippen molar-refractivity contribution in [1.29, 1.82) is 0 Å². The number of imide groups is 1. The number of hydrogen-bond acceptors (Lipinski definition) is 5. The predicted molar refractivity (Wildman–Crippen MR) is 64.0 cm³/mol. The maximum atomic E-state index is 11.2. The van der Waals surface area contributed by atoms with Crippen LogP contribution in [0.15, 0.2) is 24.3 Å². The predicted octanol–water partition coefficient (Wildman–Crippen LogP) is 0.127. The lowest BCUT2D eigenvalue weighted by Gasteiger charge is -2.13. The molecular weight excluding hydrogens is 252 g/mol. The number of hydrogen-bond donors (Lipinski definition) is 2. The number of amides is 3. The van der Waals surface area contributed by atoms with E-state index in [1.165, 1.54) is 0 Å². The minimum Gasteiger partial charge on any atom is -0.377 e. The molecule has 100 valence electrons. The van der Waals surface area contributed by atoms with E-state index in [1.807, 2.05) is 6.07 Å². The lowest BCUT2D eigenvalue weighted by molar-refractivity contribution is -0.134. The molecule has 0 radical (unpaired) electrons. The first-order valence-corrected chi connectivity index (χ1v) is 5.30. The highest BCUT2D eigenvalue weighted by atomic mass is 16.6. The first kappa shape index (κ1) is 14.4. The van der Waals surface area contributed by atoms with Gasteiger partial charge in [-0.25, -0.2) is 4.79 Å². The summed E-state index contributed by atoms with van der Waals surface area (Å²) in [4.78, 5) is 41.4. The fourth-order valence-electron chi connectivity index (χ4n) is 1.45. The van der Waals surface area contributed by atoms with Crippen molar-refractivity contribution in [1.82, 2.24) is 5.32 Å². The van der Waals surface area contributed by atoms with Crippen molar-refractivity contribution >= 4 is 23.9 Å². The van der Waals surface area contributed by atoms with Crippen LogP contribution in [0.25, 0.3) is 0 Å². The Morgan fingerprint density at radius 1 is 1.26 bits per heavy atom. The molecule has 0 unspecified atom stereocenters. The summed E-state index contributed by atoms with van der Waals surface area (Å²) in [5.41, 5.74) is 5.83. The number of benzene rings is 1. The summed E-state index contributed by atoms with van der Waals surface area (Å²) < 4.78 is 3.75. The molecule has 7 heteroatoms. The summed E-state index contributed by atoms with van der Waals surface area (Å²) in [7, 11) is 0. The average Bonchev–Trinajstić information content (AvgIpc) is 2.27. The molecule has 0 aromatic heterocycles. The summed E-state index contributed by atoms with van der Waals surface area (Å²) >= 11 is 0. The number of nitrogens with two attached hydrogens (primary N) is 1. The average molecular weight is 264 g/mol. The minimum absolute atomic E-state index is 0.223. The van der Waals surface area contributed by atoms with E-state index in [9.17, 15) is 19.2 Å². The SMILES string of the molecule is CC(=O)OC(N)=O.O=C1Cc2ccccc2C(=O)N1. The first-order chi connectivity index (χ1) is 8.90. The minimum atomic E-state index is -1.06. The topological polar surface area (TPSA) is 116 Å². The summed E-state index contributed by atoms with van der Waals surface area (Å²) in [5.74, 6) is -1.20. The second kappa shape index (κ2) is 6.29. The van der Waals surface area contributed by atoms with Gasteiger partial charge in [-0.1, -0.05) is 18.2 Å². The maximum Gasteiger partial charge on any atom is 0.412 e. The van der Waals surface area contributed by atoms with Crippen LogP contribution in [0.4, 0.5) is 4.79 Å². The normalized spacial score (nSPS) is 12.5. The number of nitrogens with one attached hydrogen (secondary N) is 1. The molecule has 0 fully saturated rings. The van der Waals surface area contributed by atoms with Crippen molar-refractivity contribution < 1.29 is 23.9 Å². The Labute approximate surface area is 108 Å².